The van der Waals surface area contributed by atoms with Crippen LogP contribution in [0, 0.1) is 0 Å². The Morgan fingerprint density at radius 1 is 1.07 bits per heavy atom. The van der Waals surface area contributed by atoms with Gasteiger partial charge in [0, 0.05) is 41.8 Å². The van der Waals surface area contributed by atoms with Gasteiger partial charge in [0.1, 0.15) is 11.6 Å². The molecule has 4 rings (SSSR count). The first-order chi connectivity index (χ1) is 14.2. The summed E-state index contributed by atoms with van der Waals surface area (Å²) in [6.45, 7) is 2.50. The van der Waals surface area contributed by atoms with Gasteiger partial charge in [0.15, 0.2) is 0 Å². The molecule has 4 aromatic rings. The van der Waals surface area contributed by atoms with Crippen molar-refractivity contribution in [3.63, 3.8) is 0 Å². The van der Waals surface area contributed by atoms with Crippen LogP contribution < -0.4 is 15.4 Å². The fourth-order valence-corrected chi connectivity index (χ4v) is 3.57. The van der Waals surface area contributed by atoms with E-state index in [-0.39, 0.29) is 0 Å². The van der Waals surface area contributed by atoms with Gasteiger partial charge in [0.05, 0.1) is 30.4 Å². The summed E-state index contributed by atoms with van der Waals surface area (Å²) in [5, 5.41) is 9.83. The van der Waals surface area contributed by atoms with Crippen LogP contribution in [0.2, 0.25) is 5.02 Å². The molecule has 150 valence electrons. The van der Waals surface area contributed by atoms with Gasteiger partial charge in [-0.05, 0) is 49.4 Å². The zero-order chi connectivity index (χ0) is 20.2. The number of benzene rings is 2. The normalized spacial score (nSPS) is 11.3. The Hall–Kier alpha value is -2.83. The largest absolute Gasteiger partial charge is 0.497 e. The lowest BCUT2D eigenvalue weighted by Crippen LogP contribution is -2.19. The molecular weight excluding hydrogens is 386 g/mol. The maximum atomic E-state index is 6.19. The highest BCUT2D eigenvalue weighted by molar-refractivity contribution is 6.31. The third-order valence-corrected chi connectivity index (χ3v) is 5.21. The zero-order valence-electron chi connectivity index (χ0n) is 16.6. The molecule has 2 aromatic heterocycles. The fourth-order valence-electron chi connectivity index (χ4n) is 3.41. The van der Waals surface area contributed by atoms with Gasteiger partial charge in [-0.1, -0.05) is 11.6 Å². The number of pyridine rings is 1. The predicted octanol–water partition coefficient (Wildman–Crippen LogP) is 4.38. The van der Waals surface area contributed by atoms with Gasteiger partial charge in [0.25, 0.3) is 0 Å². The Kier molecular flexibility index (Phi) is 5.83. The summed E-state index contributed by atoms with van der Waals surface area (Å²) in [6.07, 6.45) is 4.75. The third kappa shape index (κ3) is 4.28. The molecule has 0 saturated carbocycles. The molecular formula is C22H24ClN5O. The molecule has 2 heterocycles. The second kappa shape index (κ2) is 8.68. The van der Waals surface area contributed by atoms with E-state index in [4.69, 9.17) is 21.3 Å². The summed E-state index contributed by atoms with van der Waals surface area (Å²) in [7, 11) is 3.68. The average Bonchev–Trinajstić information content (AvgIpc) is 3.14. The maximum absolute atomic E-state index is 6.19. The molecule has 0 radical (unpaired) electrons. The van der Waals surface area contributed by atoms with Crippen molar-refractivity contribution in [3.8, 4) is 5.75 Å². The molecule has 2 aromatic carbocycles. The Morgan fingerprint density at radius 2 is 1.97 bits per heavy atom. The van der Waals surface area contributed by atoms with Crippen molar-refractivity contribution in [2.75, 3.05) is 25.5 Å². The standard InChI is InChI=1S/C22H24ClN5O/c1-28-11-10-25-21(28)14-24-8-3-9-26-22-17-6-4-15(23)12-20(17)27-19-7-5-16(29-2)13-18(19)22/h4-7,10-13,24H,3,8-9,14H2,1-2H3,(H,26,27). The first kappa shape index (κ1) is 19.5. The van der Waals surface area contributed by atoms with E-state index >= 15 is 0 Å². The van der Waals surface area contributed by atoms with Crippen LogP contribution >= 0.6 is 11.6 Å². The minimum Gasteiger partial charge on any atom is -0.497 e. The predicted molar refractivity (Wildman–Crippen MR) is 119 cm³/mol. The third-order valence-electron chi connectivity index (χ3n) is 4.98. The van der Waals surface area contributed by atoms with Crippen LogP contribution in [0.15, 0.2) is 48.8 Å². The highest BCUT2D eigenvalue weighted by atomic mass is 35.5. The van der Waals surface area contributed by atoms with Crippen molar-refractivity contribution in [3.05, 3.63) is 59.6 Å². The molecule has 0 saturated heterocycles. The van der Waals surface area contributed by atoms with Crippen LogP contribution in [0.1, 0.15) is 12.2 Å². The van der Waals surface area contributed by atoms with Crippen molar-refractivity contribution < 1.29 is 4.74 Å². The minimum absolute atomic E-state index is 0.683. The SMILES string of the molecule is COc1ccc2nc3cc(Cl)ccc3c(NCCCNCc3nccn3C)c2c1. The summed E-state index contributed by atoms with van der Waals surface area (Å²) >= 11 is 6.19. The van der Waals surface area contributed by atoms with Crippen LogP contribution in [0.4, 0.5) is 5.69 Å². The maximum Gasteiger partial charge on any atom is 0.122 e. The Labute approximate surface area is 174 Å². The van der Waals surface area contributed by atoms with E-state index in [1.54, 1.807) is 7.11 Å². The molecule has 0 aliphatic heterocycles. The zero-order valence-corrected chi connectivity index (χ0v) is 17.3. The molecule has 2 N–H and O–H groups in total. The smallest absolute Gasteiger partial charge is 0.122 e. The molecule has 0 bridgehead atoms. The molecule has 0 aliphatic rings. The summed E-state index contributed by atoms with van der Waals surface area (Å²) in [4.78, 5) is 9.10. The lowest BCUT2D eigenvalue weighted by Gasteiger charge is -2.14. The number of anilines is 1. The minimum atomic E-state index is 0.683. The second-order valence-electron chi connectivity index (χ2n) is 6.94. The highest BCUT2D eigenvalue weighted by Gasteiger charge is 2.10. The number of aryl methyl sites for hydroxylation is 1. The van der Waals surface area contributed by atoms with Gasteiger partial charge in [-0.15, -0.1) is 0 Å². The second-order valence-corrected chi connectivity index (χ2v) is 7.38. The summed E-state index contributed by atoms with van der Waals surface area (Å²) in [5.41, 5.74) is 2.85. The number of hydrogen-bond donors (Lipinski definition) is 2. The molecule has 7 heteroatoms. The summed E-state index contributed by atoms with van der Waals surface area (Å²) in [6, 6.07) is 11.8. The van der Waals surface area contributed by atoms with Crippen LogP contribution in [0.5, 0.6) is 5.75 Å². The number of rotatable bonds is 8. The van der Waals surface area contributed by atoms with Crippen LogP contribution in [0.3, 0.4) is 0 Å². The molecule has 0 atom stereocenters. The summed E-state index contributed by atoms with van der Waals surface area (Å²) < 4.78 is 7.44. The van der Waals surface area contributed by atoms with Crippen LogP contribution in [-0.2, 0) is 13.6 Å². The van der Waals surface area contributed by atoms with Gasteiger partial charge in [-0.3, -0.25) is 0 Å². The number of aromatic nitrogens is 3. The van der Waals surface area contributed by atoms with E-state index in [0.29, 0.717) is 5.02 Å². The summed E-state index contributed by atoms with van der Waals surface area (Å²) in [5.74, 6) is 1.85. The van der Waals surface area contributed by atoms with E-state index in [9.17, 15) is 0 Å². The Bertz CT molecular complexity index is 1140. The van der Waals surface area contributed by atoms with E-state index in [0.717, 1.165) is 65.1 Å². The van der Waals surface area contributed by atoms with E-state index in [2.05, 4.69) is 15.6 Å². The first-order valence-corrected chi connectivity index (χ1v) is 10.0. The first-order valence-electron chi connectivity index (χ1n) is 9.63. The lowest BCUT2D eigenvalue weighted by molar-refractivity contribution is 0.415. The topological polar surface area (TPSA) is 64.0 Å². The molecule has 6 nitrogen and oxygen atoms in total. The number of nitrogens with zero attached hydrogens (tertiary/aromatic N) is 3. The molecule has 0 spiro atoms. The number of imidazole rings is 1. The van der Waals surface area contributed by atoms with Crippen LogP contribution in [-0.4, -0.2) is 34.7 Å². The van der Waals surface area contributed by atoms with Crippen molar-refractivity contribution in [2.24, 2.45) is 7.05 Å². The Balaban J connectivity index is 1.50. The van der Waals surface area contributed by atoms with Crippen molar-refractivity contribution in [1.29, 1.82) is 0 Å². The Morgan fingerprint density at radius 3 is 2.76 bits per heavy atom. The molecule has 29 heavy (non-hydrogen) atoms. The molecule has 0 aliphatic carbocycles. The number of nitrogens with one attached hydrogen (secondary N) is 2. The number of halogens is 1. The lowest BCUT2D eigenvalue weighted by atomic mass is 10.1. The molecule has 0 fully saturated rings. The highest BCUT2D eigenvalue weighted by Crippen LogP contribution is 2.34. The quantitative estimate of drug-likeness (QED) is 0.334. The van der Waals surface area contributed by atoms with E-state index in [1.165, 1.54) is 0 Å². The molecule has 0 unspecified atom stereocenters. The van der Waals surface area contributed by atoms with Gasteiger partial charge >= 0.3 is 0 Å². The average molecular weight is 410 g/mol. The van der Waals surface area contributed by atoms with Gasteiger partial charge in [0.2, 0.25) is 0 Å². The number of ether oxygens (including phenoxy) is 1. The monoisotopic (exact) mass is 409 g/mol. The molecule has 0 amide bonds. The van der Waals surface area contributed by atoms with Crippen molar-refractivity contribution >= 4 is 39.1 Å². The number of methoxy groups -OCH3 is 1. The van der Waals surface area contributed by atoms with E-state index in [1.807, 2.05) is 60.4 Å². The van der Waals surface area contributed by atoms with Crippen molar-refractivity contribution in [2.45, 2.75) is 13.0 Å². The van der Waals surface area contributed by atoms with Crippen molar-refractivity contribution in [1.82, 2.24) is 19.9 Å². The van der Waals surface area contributed by atoms with Gasteiger partial charge in [-0.2, -0.15) is 0 Å². The number of fused-ring (bicyclic) bond motifs is 2. The fraction of sp³-hybridized carbons (Fsp3) is 0.273. The van der Waals surface area contributed by atoms with Crippen LogP contribution in [0.25, 0.3) is 21.8 Å². The van der Waals surface area contributed by atoms with E-state index < -0.39 is 0 Å². The van der Waals surface area contributed by atoms with Gasteiger partial charge < -0.3 is 19.9 Å². The number of hydrogen-bond acceptors (Lipinski definition) is 5. The van der Waals surface area contributed by atoms with Gasteiger partial charge in [-0.25, -0.2) is 9.97 Å².